The average molecular weight is 559 g/mol. The first kappa shape index (κ1) is 28.5. The molecule has 4 heterocycles. The SMILES string of the molecule is C=CC(=O)N1CCN(c2nc(N3CCC(C#N)C3)c(C#N)c3c2CCN(c2cccc4ccccc24)C3)CC1.CC#N. The Balaban J connectivity index is 0.00000113. The molecule has 0 bridgehead atoms. The van der Waals surface area contributed by atoms with E-state index in [4.69, 9.17) is 10.2 Å². The van der Waals surface area contributed by atoms with Gasteiger partial charge in [-0.05, 0) is 35.9 Å². The van der Waals surface area contributed by atoms with E-state index >= 15 is 0 Å². The fourth-order valence-corrected chi connectivity index (χ4v) is 6.22. The Morgan fingerprint density at radius 3 is 2.36 bits per heavy atom. The molecule has 0 radical (unpaired) electrons. The average Bonchev–Trinajstić information content (AvgIpc) is 3.53. The molecule has 0 aliphatic carbocycles. The molecule has 9 nitrogen and oxygen atoms in total. The minimum absolute atomic E-state index is 0.0458. The van der Waals surface area contributed by atoms with Gasteiger partial charge in [-0.15, -0.1) is 0 Å². The van der Waals surface area contributed by atoms with Crippen molar-refractivity contribution in [1.82, 2.24) is 9.88 Å². The van der Waals surface area contributed by atoms with Gasteiger partial charge in [0.25, 0.3) is 0 Å². The number of hydrogen-bond acceptors (Lipinski definition) is 8. The summed E-state index contributed by atoms with van der Waals surface area (Å²) in [7, 11) is 0. The van der Waals surface area contributed by atoms with Crippen LogP contribution in [-0.2, 0) is 17.8 Å². The second kappa shape index (κ2) is 12.6. The highest BCUT2D eigenvalue weighted by molar-refractivity contribution is 5.94. The molecule has 42 heavy (non-hydrogen) atoms. The van der Waals surface area contributed by atoms with Gasteiger partial charge in [-0.2, -0.15) is 15.8 Å². The van der Waals surface area contributed by atoms with Gasteiger partial charge in [0.15, 0.2) is 0 Å². The number of fused-ring (bicyclic) bond motifs is 2. The van der Waals surface area contributed by atoms with E-state index in [1.165, 1.54) is 29.5 Å². The maximum Gasteiger partial charge on any atom is 0.246 e. The minimum atomic E-state index is -0.0570. The predicted octanol–water partition coefficient (Wildman–Crippen LogP) is 4.38. The van der Waals surface area contributed by atoms with E-state index in [2.05, 4.69) is 75.9 Å². The molecular weight excluding hydrogens is 524 g/mol. The molecule has 6 rings (SSSR count). The molecule has 9 heteroatoms. The molecule has 212 valence electrons. The highest BCUT2D eigenvalue weighted by Gasteiger charge is 2.33. The Kier molecular flexibility index (Phi) is 8.55. The fourth-order valence-electron chi connectivity index (χ4n) is 6.22. The van der Waals surface area contributed by atoms with E-state index in [9.17, 15) is 15.3 Å². The summed E-state index contributed by atoms with van der Waals surface area (Å²) >= 11 is 0. The molecule has 0 N–H and O–H groups in total. The molecule has 2 aromatic carbocycles. The molecule has 2 fully saturated rings. The number of carbonyl (C=O) groups is 1. The zero-order valence-electron chi connectivity index (χ0n) is 24.0. The standard InChI is InChI=1S/C31H31N7O.C2H3N/c1-2-29(39)35-14-16-36(17-15-35)30-25-11-13-37(28-9-5-7-23-6-3-4-8-24(23)28)21-27(25)26(19-33)31(34-30)38-12-10-22(18-32)20-38;1-2-3/h2-9,22H,1,10-17,20-21H2;1H3. The van der Waals surface area contributed by atoms with Crippen molar-refractivity contribution in [1.29, 1.82) is 15.8 Å². The van der Waals surface area contributed by atoms with Crippen molar-refractivity contribution in [2.75, 3.05) is 60.5 Å². The Bertz CT molecular complexity index is 1610. The largest absolute Gasteiger partial charge is 0.366 e. The number of pyridine rings is 1. The summed E-state index contributed by atoms with van der Waals surface area (Å²) in [4.78, 5) is 25.9. The van der Waals surface area contributed by atoms with E-state index in [-0.39, 0.29) is 11.8 Å². The molecule has 1 atom stereocenters. The second-order valence-electron chi connectivity index (χ2n) is 10.7. The van der Waals surface area contributed by atoms with E-state index < -0.39 is 0 Å². The van der Waals surface area contributed by atoms with E-state index in [1.54, 1.807) is 6.07 Å². The van der Waals surface area contributed by atoms with Gasteiger partial charge in [0.2, 0.25) is 5.91 Å². The van der Waals surface area contributed by atoms with Crippen LogP contribution >= 0.6 is 0 Å². The van der Waals surface area contributed by atoms with Crippen LogP contribution in [0.1, 0.15) is 30.0 Å². The summed E-state index contributed by atoms with van der Waals surface area (Å²) in [5.74, 6) is 1.50. The van der Waals surface area contributed by atoms with Crippen LogP contribution in [0.4, 0.5) is 17.3 Å². The van der Waals surface area contributed by atoms with Crippen molar-refractivity contribution < 1.29 is 4.79 Å². The summed E-state index contributed by atoms with van der Waals surface area (Å²) in [6, 6.07) is 21.5. The third-order valence-corrected chi connectivity index (χ3v) is 8.31. The van der Waals surface area contributed by atoms with Crippen molar-refractivity contribution in [3.05, 3.63) is 71.8 Å². The minimum Gasteiger partial charge on any atom is -0.366 e. The molecule has 1 amide bonds. The quantitative estimate of drug-likeness (QED) is 0.434. The summed E-state index contributed by atoms with van der Waals surface area (Å²) in [5.41, 5.74) is 3.95. The van der Waals surface area contributed by atoms with Gasteiger partial charge in [-0.3, -0.25) is 4.79 Å². The first-order chi connectivity index (χ1) is 20.5. The first-order valence-electron chi connectivity index (χ1n) is 14.3. The molecule has 1 aromatic heterocycles. The number of piperazine rings is 1. The van der Waals surface area contributed by atoms with Crippen molar-refractivity contribution >= 4 is 34.0 Å². The van der Waals surface area contributed by atoms with Crippen LogP contribution in [0.5, 0.6) is 0 Å². The summed E-state index contributed by atoms with van der Waals surface area (Å²) < 4.78 is 0. The Morgan fingerprint density at radius 2 is 1.67 bits per heavy atom. The van der Waals surface area contributed by atoms with Gasteiger partial charge >= 0.3 is 0 Å². The van der Waals surface area contributed by atoms with Gasteiger partial charge in [0, 0.05) is 75.9 Å². The Labute approximate surface area is 247 Å². The third kappa shape index (κ3) is 5.45. The number of carbonyl (C=O) groups excluding carboxylic acids is 1. The molecule has 1 unspecified atom stereocenters. The number of benzene rings is 2. The zero-order chi connectivity index (χ0) is 29.6. The molecule has 0 spiro atoms. The number of rotatable bonds is 4. The Hall–Kier alpha value is -5.07. The number of nitrogens with zero attached hydrogens (tertiary/aromatic N) is 8. The van der Waals surface area contributed by atoms with Crippen molar-refractivity contribution in [2.45, 2.75) is 26.3 Å². The highest BCUT2D eigenvalue weighted by atomic mass is 16.2. The van der Waals surface area contributed by atoms with Crippen molar-refractivity contribution in [3.8, 4) is 18.2 Å². The van der Waals surface area contributed by atoms with Crippen molar-refractivity contribution in [3.63, 3.8) is 0 Å². The molecule has 3 aliphatic heterocycles. The summed E-state index contributed by atoms with van der Waals surface area (Å²) in [5, 5.41) is 29.7. The van der Waals surface area contributed by atoms with Crippen LogP contribution < -0.4 is 14.7 Å². The molecule has 3 aliphatic rings. The Morgan fingerprint density at radius 1 is 0.929 bits per heavy atom. The maximum absolute atomic E-state index is 12.2. The lowest BCUT2D eigenvalue weighted by molar-refractivity contribution is -0.126. The number of anilines is 3. The van der Waals surface area contributed by atoms with Gasteiger partial charge in [0.1, 0.15) is 17.7 Å². The lowest BCUT2D eigenvalue weighted by Gasteiger charge is -2.39. The molecule has 2 saturated heterocycles. The van der Waals surface area contributed by atoms with Crippen LogP contribution in [0, 0.1) is 39.9 Å². The van der Waals surface area contributed by atoms with Crippen LogP contribution in [-0.4, -0.2) is 61.6 Å². The monoisotopic (exact) mass is 558 g/mol. The van der Waals surface area contributed by atoms with Gasteiger partial charge in [-0.25, -0.2) is 4.98 Å². The number of hydrogen-bond donors (Lipinski definition) is 0. The smallest absolute Gasteiger partial charge is 0.246 e. The zero-order valence-corrected chi connectivity index (χ0v) is 24.0. The fraction of sp³-hybridized carbons (Fsp3) is 0.364. The lowest BCUT2D eigenvalue weighted by Crippen LogP contribution is -2.49. The summed E-state index contributed by atoms with van der Waals surface area (Å²) in [6.07, 6.45) is 2.93. The molecule has 3 aromatic rings. The first-order valence-corrected chi connectivity index (χ1v) is 14.3. The van der Waals surface area contributed by atoms with E-state index in [0.717, 1.165) is 36.3 Å². The topological polar surface area (TPSA) is 114 Å². The number of aromatic nitrogens is 1. The van der Waals surface area contributed by atoms with Gasteiger partial charge in [0.05, 0.1) is 23.6 Å². The third-order valence-electron chi connectivity index (χ3n) is 8.31. The van der Waals surface area contributed by atoms with Gasteiger partial charge < -0.3 is 19.6 Å². The lowest BCUT2D eigenvalue weighted by atomic mass is 9.94. The summed E-state index contributed by atoms with van der Waals surface area (Å²) in [6.45, 7) is 10.4. The predicted molar refractivity (Wildman–Crippen MR) is 164 cm³/mol. The normalized spacial score (nSPS) is 17.8. The second-order valence-corrected chi connectivity index (χ2v) is 10.7. The van der Waals surface area contributed by atoms with Crippen LogP contribution in [0.25, 0.3) is 10.8 Å². The maximum atomic E-state index is 12.2. The molecule has 0 saturated carbocycles. The van der Waals surface area contributed by atoms with Crippen LogP contribution in [0.15, 0.2) is 55.1 Å². The van der Waals surface area contributed by atoms with Gasteiger partial charge in [-0.1, -0.05) is 43.0 Å². The van der Waals surface area contributed by atoms with Crippen molar-refractivity contribution in [2.24, 2.45) is 5.92 Å². The van der Waals surface area contributed by atoms with Crippen LogP contribution in [0.3, 0.4) is 0 Å². The van der Waals surface area contributed by atoms with Crippen LogP contribution in [0.2, 0.25) is 0 Å². The number of nitriles is 3. The highest BCUT2D eigenvalue weighted by Crippen LogP contribution is 2.39. The van der Waals surface area contributed by atoms with E-state index in [1.807, 2.05) is 4.90 Å². The number of amides is 1. The molecular formula is C33H34N8O. The van der Waals surface area contributed by atoms with E-state index in [0.29, 0.717) is 57.2 Å².